The molecule has 1 atom stereocenters. The number of thiazole rings is 1. The number of benzene rings is 1. The molecule has 19 heavy (non-hydrogen) atoms. The van der Waals surface area contributed by atoms with Gasteiger partial charge >= 0.3 is 0 Å². The third-order valence-corrected chi connectivity index (χ3v) is 4.52. The Balaban J connectivity index is 2.19. The van der Waals surface area contributed by atoms with E-state index in [1.807, 2.05) is 35.1 Å². The summed E-state index contributed by atoms with van der Waals surface area (Å²) in [5.74, 6) is 0.462. The number of para-hydroxylation sites is 1. The lowest BCUT2D eigenvalue weighted by Crippen LogP contribution is -2.09. The quantitative estimate of drug-likeness (QED) is 0.784. The molecule has 0 aliphatic heterocycles. The predicted molar refractivity (Wildman–Crippen MR) is 79.8 cm³/mol. The van der Waals surface area contributed by atoms with Gasteiger partial charge < -0.3 is 10.3 Å². The normalized spacial score (nSPS) is 13.0. The second-order valence-electron chi connectivity index (χ2n) is 4.45. The maximum atomic E-state index is 6.15. The molecule has 1 aromatic carbocycles. The molecule has 2 N–H and O–H groups in total. The number of rotatable bonds is 2. The van der Waals surface area contributed by atoms with Crippen molar-refractivity contribution in [3.63, 3.8) is 0 Å². The van der Waals surface area contributed by atoms with Gasteiger partial charge in [0.1, 0.15) is 10.5 Å². The fourth-order valence-electron chi connectivity index (χ4n) is 2.18. The van der Waals surface area contributed by atoms with Crippen LogP contribution in [0.1, 0.15) is 23.7 Å². The Morgan fingerprint density at radius 1 is 1.37 bits per heavy atom. The number of nitrogens with two attached hydrogens (primary N) is 1. The highest BCUT2D eigenvalue weighted by molar-refractivity contribution is 7.09. The Labute approximate surface area is 119 Å². The second-order valence-corrected chi connectivity index (χ2v) is 5.75. The van der Waals surface area contributed by atoms with Crippen molar-refractivity contribution in [1.29, 1.82) is 0 Å². The summed E-state index contributed by atoms with van der Waals surface area (Å²) in [4.78, 5) is 8.87. The van der Waals surface area contributed by atoms with Crippen molar-refractivity contribution in [1.82, 2.24) is 14.5 Å². The van der Waals surface area contributed by atoms with Crippen LogP contribution in [-0.2, 0) is 0 Å². The number of fused-ring (bicyclic) bond motifs is 1. The molecule has 0 aliphatic carbocycles. The van der Waals surface area contributed by atoms with E-state index >= 15 is 0 Å². The number of hydrogen-bond acceptors (Lipinski definition) is 4. The monoisotopic (exact) mass is 292 g/mol. The molecule has 0 radical (unpaired) electrons. The predicted octanol–water partition coefficient (Wildman–Crippen LogP) is 3.65. The average Bonchev–Trinajstić information content (AvgIpc) is 2.93. The van der Waals surface area contributed by atoms with Crippen molar-refractivity contribution in [2.24, 2.45) is 0 Å². The van der Waals surface area contributed by atoms with Gasteiger partial charge in [0.15, 0.2) is 0 Å². The average molecular weight is 293 g/mol. The molecule has 0 bridgehead atoms. The van der Waals surface area contributed by atoms with Gasteiger partial charge in [-0.15, -0.1) is 11.3 Å². The number of nitrogens with zero attached hydrogens (tertiary/aromatic N) is 3. The smallest absolute Gasteiger partial charge is 0.201 e. The topological polar surface area (TPSA) is 56.7 Å². The summed E-state index contributed by atoms with van der Waals surface area (Å²) in [6.45, 7) is 4.05. The first-order chi connectivity index (χ1) is 9.08. The first-order valence-electron chi connectivity index (χ1n) is 5.92. The zero-order chi connectivity index (χ0) is 13.6. The molecule has 0 saturated carbocycles. The van der Waals surface area contributed by atoms with E-state index in [9.17, 15) is 0 Å². The molecule has 6 heteroatoms. The van der Waals surface area contributed by atoms with Gasteiger partial charge in [0, 0.05) is 11.1 Å². The lowest BCUT2D eigenvalue weighted by atomic mass is 10.3. The standard InChI is InChI=1S/C13H13ClN4S/c1-7-6-19-12(16-7)8(2)18-10-5-3-4-9(14)11(10)17-13(18)15/h3-6,8H,1-2H3,(H2,15,17). The maximum absolute atomic E-state index is 6.15. The Morgan fingerprint density at radius 2 is 2.16 bits per heavy atom. The molecular formula is C13H13ClN4S. The Morgan fingerprint density at radius 3 is 2.84 bits per heavy atom. The van der Waals surface area contributed by atoms with Gasteiger partial charge in [0.25, 0.3) is 0 Å². The minimum atomic E-state index is 0.0437. The molecule has 0 fully saturated rings. The number of aromatic nitrogens is 3. The summed E-state index contributed by atoms with van der Waals surface area (Å²) < 4.78 is 1.97. The Hall–Kier alpha value is -1.59. The van der Waals surface area contributed by atoms with Gasteiger partial charge in [-0.1, -0.05) is 17.7 Å². The molecule has 0 aliphatic rings. The molecule has 0 saturated heterocycles. The van der Waals surface area contributed by atoms with Crippen LogP contribution in [0.15, 0.2) is 23.6 Å². The minimum absolute atomic E-state index is 0.0437. The van der Waals surface area contributed by atoms with Crippen molar-refractivity contribution >= 4 is 39.9 Å². The Kier molecular flexibility index (Phi) is 2.95. The molecule has 1 unspecified atom stereocenters. The number of hydrogen-bond donors (Lipinski definition) is 1. The van der Waals surface area contributed by atoms with Crippen LogP contribution in [0, 0.1) is 6.92 Å². The van der Waals surface area contributed by atoms with E-state index < -0.39 is 0 Å². The largest absolute Gasteiger partial charge is 0.369 e. The highest BCUT2D eigenvalue weighted by Crippen LogP contribution is 2.31. The van der Waals surface area contributed by atoms with Crippen molar-refractivity contribution in [3.8, 4) is 0 Å². The fraction of sp³-hybridized carbons (Fsp3) is 0.231. The van der Waals surface area contributed by atoms with Gasteiger partial charge in [0.2, 0.25) is 5.95 Å². The molecule has 2 aromatic heterocycles. The number of imidazole rings is 1. The summed E-state index contributed by atoms with van der Waals surface area (Å²) in [7, 11) is 0. The molecular weight excluding hydrogens is 280 g/mol. The zero-order valence-electron chi connectivity index (χ0n) is 10.6. The summed E-state index contributed by atoms with van der Waals surface area (Å²) in [6, 6.07) is 5.74. The first kappa shape index (κ1) is 12.4. The van der Waals surface area contributed by atoms with Crippen molar-refractivity contribution < 1.29 is 0 Å². The van der Waals surface area contributed by atoms with E-state index in [1.54, 1.807) is 11.3 Å². The lowest BCUT2D eigenvalue weighted by Gasteiger charge is -2.13. The number of nitrogen functional groups attached to an aromatic ring is 1. The number of aryl methyl sites for hydroxylation is 1. The van der Waals surface area contributed by atoms with Crippen LogP contribution in [0.5, 0.6) is 0 Å². The molecule has 4 nitrogen and oxygen atoms in total. The van der Waals surface area contributed by atoms with Crippen LogP contribution in [-0.4, -0.2) is 14.5 Å². The number of anilines is 1. The van der Waals surface area contributed by atoms with Gasteiger partial charge in [-0.2, -0.15) is 0 Å². The Bertz CT molecular complexity index is 746. The van der Waals surface area contributed by atoms with Crippen LogP contribution in [0.3, 0.4) is 0 Å². The van der Waals surface area contributed by atoms with E-state index in [0.29, 0.717) is 11.0 Å². The first-order valence-corrected chi connectivity index (χ1v) is 7.17. The van der Waals surface area contributed by atoms with Crippen LogP contribution in [0.25, 0.3) is 11.0 Å². The third kappa shape index (κ3) is 1.99. The van der Waals surface area contributed by atoms with E-state index in [-0.39, 0.29) is 6.04 Å². The third-order valence-electron chi connectivity index (χ3n) is 3.08. The van der Waals surface area contributed by atoms with Gasteiger partial charge in [-0.3, -0.25) is 0 Å². The molecule has 0 spiro atoms. The highest BCUT2D eigenvalue weighted by Gasteiger charge is 2.18. The lowest BCUT2D eigenvalue weighted by molar-refractivity contribution is 0.661. The summed E-state index contributed by atoms with van der Waals surface area (Å²) in [6.07, 6.45) is 0. The summed E-state index contributed by atoms with van der Waals surface area (Å²) in [5.41, 5.74) is 8.73. The fourth-order valence-corrected chi connectivity index (χ4v) is 3.24. The SMILES string of the molecule is Cc1csc(C(C)n2c(N)nc3c(Cl)cccc32)n1. The van der Waals surface area contributed by atoms with E-state index in [2.05, 4.69) is 16.9 Å². The van der Waals surface area contributed by atoms with E-state index in [0.717, 1.165) is 21.7 Å². The van der Waals surface area contributed by atoms with Crippen molar-refractivity contribution in [2.45, 2.75) is 19.9 Å². The van der Waals surface area contributed by atoms with Crippen LogP contribution in [0.4, 0.5) is 5.95 Å². The van der Waals surface area contributed by atoms with Crippen molar-refractivity contribution in [2.75, 3.05) is 5.73 Å². The minimum Gasteiger partial charge on any atom is -0.369 e. The van der Waals surface area contributed by atoms with Crippen LogP contribution < -0.4 is 5.73 Å². The molecule has 3 rings (SSSR count). The molecule has 0 amide bonds. The van der Waals surface area contributed by atoms with Crippen LogP contribution in [0.2, 0.25) is 5.02 Å². The van der Waals surface area contributed by atoms with E-state index in [4.69, 9.17) is 17.3 Å². The second kappa shape index (κ2) is 4.51. The maximum Gasteiger partial charge on any atom is 0.201 e. The van der Waals surface area contributed by atoms with Crippen molar-refractivity contribution in [3.05, 3.63) is 39.3 Å². The van der Waals surface area contributed by atoms with Gasteiger partial charge in [-0.05, 0) is 26.0 Å². The summed E-state index contributed by atoms with van der Waals surface area (Å²) in [5, 5.41) is 3.67. The van der Waals surface area contributed by atoms with E-state index in [1.165, 1.54) is 0 Å². The zero-order valence-corrected chi connectivity index (χ0v) is 12.2. The number of halogens is 1. The van der Waals surface area contributed by atoms with Crippen LogP contribution >= 0.6 is 22.9 Å². The molecule has 98 valence electrons. The molecule has 2 heterocycles. The molecule has 3 aromatic rings. The van der Waals surface area contributed by atoms with Gasteiger partial charge in [-0.25, -0.2) is 9.97 Å². The highest BCUT2D eigenvalue weighted by atomic mass is 35.5. The summed E-state index contributed by atoms with van der Waals surface area (Å²) >= 11 is 7.78. The van der Waals surface area contributed by atoms with Gasteiger partial charge in [0.05, 0.1) is 16.6 Å².